The van der Waals surface area contributed by atoms with Crippen LogP contribution < -0.4 is 10.6 Å². The Bertz CT molecular complexity index is 734. The Hall–Kier alpha value is -1.51. The van der Waals surface area contributed by atoms with Gasteiger partial charge in [-0.25, -0.2) is 9.18 Å². The second-order valence-corrected chi connectivity index (χ2v) is 6.87. The number of carbonyl (C=O) groups excluding carboxylic acids is 1. The molecule has 0 fully saturated rings. The zero-order chi connectivity index (χ0) is 16.3. The van der Waals surface area contributed by atoms with Crippen molar-refractivity contribution in [2.75, 3.05) is 17.7 Å². The molecular formula is C14H12BrFN2O2S2. The zero-order valence-corrected chi connectivity index (χ0v) is 14.9. The molecule has 0 aliphatic heterocycles. The van der Waals surface area contributed by atoms with Crippen LogP contribution >= 0.6 is 39.5 Å². The van der Waals surface area contributed by atoms with Crippen LogP contribution in [0.5, 0.6) is 0 Å². The molecule has 0 amide bonds. The minimum atomic E-state index is -0.454. The molecule has 2 N–H and O–H groups in total. The third-order valence-electron chi connectivity index (χ3n) is 2.67. The largest absolute Gasteiger partial charge is 0.465 e. The van der Waals surface area contributed by atoms with Crippen LogP contribution in [0.15, 0.2) is 28.7 Å². The molecule has 0 spiro atoms. The van der Waals surface area contributed by atoms with Crippen molar-refractivity contribution >= 4 is 61.3 Å². The molecule has 1 aromatic carbocycles. The van der Waals surface area contributed by atoms with Crippen LogP contribution in [0.25, 0.3) is 0 Å². The Morgan fingerprint density at radius 2 is 2.09 bits per heavy atom. The van der Waals surface area contributed by atoms with Crippen molar-refractivity contribution in [3.8, 4) is 0 Å². The Kier molecular flexibility index (Phi) is 5.49. The van der Waals surface area contributed by atoms with Crippen molar-refractivity contribution in [2.45, 2.75) is 6.92 Å². The van der Waals surface area contributed by atoms with E-state index in [0.29, 0.717) is 15.0 Å². The molecule has 2 aromatic rings. The Morgan fingerprint density at radius 1 is 1.36 bits per heavy atom. The summed E-state index contributed by atoms with van der Waals surface area (Å²) in [6.07, 6.45) is 0. The van der Waals surface area contributed by atoms with Crippen molar-refractivity contribution in [2.24, 2.45) is 0 Å². The average Bonchev–Trinajstić information content (AvgIpc) is 2.81. The number of thiocarbonyl (C=S) groups is 1. The van der Waals surface area contributed by atoms with E-state index in [-0.39, 0.29) is 10.8 Å². The maximum atomic E-state index is 13.8. The first-order valence-corrected chi connectivity index (χ1v) is 8.14. The van der Waals surface area contributed by atoms with Gasteiger partial charge in [-0.2, -0.15) is 0 Å². The molecule has 0 radical (unpaired) electrons. The van der Waals surface area contributed by atoms with Crippen molar-refractivity contribution in [1.82, 2.24) is 0 Å². The fraction of sp³-hybridized carbons (Fsp3) is 0.143. The van der Waals surface area contributed by atoms with E-state index in [1.807, 2.05) is 6.92 Å². The van der Waals surface area contributed by atoms with Crippen LogP contribution in [0.1, 0.15) is 15.2 Å². The summed E-state index contributed by atoms with van der Waals surface area (Å²) in [5.41, 5.74) is 0.638. The summed E-state index contributed by atoms with van der Waals surface area (Å²) < 4.78 is 19.1. The second kappa shape index (κ2) is 7.17. The molecule has 0 atom stereocenters. The quantitative estimate of drug-likeness (QED) is 0.582. The predicted octanol–water partition coefficient (Wildman–Crippen LogP) is 4.55. The number of esters is 1. The van der Waals surface area contributed by atoms with Crippen LogP contribution in [0.3, 0.4) is 0 Å². The summed E-state index contributed by atoms with van der Waals surface area (Å²) in [5.74, 6) is -0.890. The molecule has 4 nitrogen and oxygen atoms in total. The number of benzene rings is 1. The lowest BCUT2D eigenvalue weighted by Gasteiger charge is -2.11. The molecule has 0 unspecified atom stereocenters. The van der Waals surface area contributed by atoms with E-state index in [9.17, 15) is 9.18 Å². The van der Waals surface area contributed by atoms with Crippen molar-refractivity contribution in [3.63, 3.8) is 0 Å². The monoisotopic (exact) mass is 402 g/mol. The molecule has 0 aliphatic rings. The van der Waals surface area contributed by atoms with Crippen LogP contribution in [-0.4, -0.2) is 18.2 Å². The zero-order valence-electron chi connectivity index (χ0n) is 11.7. The number of thiophene rings is 1. The number of ether oxygens (including phenoxy) is 1. The highest BCUT2D eigenvalue weighted by Gasteiger charge is 2.16. The van der Waals surface area contributed by atoms with Gasteiger partial charge in [0.2, 0.25) is 0 Å². The Morgan fingerprint density at radius 3 is 2.73 bits per heavy atom. The first kappa shape index (κ1) is 16.9. The van der Waals surface area contributed by atoms with E-state index in [4.69, 9.17) is 17.0 Å². The molecule has 8 heteroatoms. The number of hydrogen-bond acceptors (Lipinski definition) is 4. The number of carbonyl (C=O) groups is 1. The number of halogens is 2. The summed E-state index contributed by atoms with van der Waals surface area (Å²) in [6.45, 7) is 1.87. The van der Waals surface area contributed by atoms with Gasteiger partial charge in [0.05, 0.1) is 18.4 Å². The standard InChI is InChI=1S/C14H12BrFN2O2S2/c1-7-5-9(13(19)20-2)12(22-7)18-14(21)17-11-4-3-8(15)6-10(11)16/h3-6H,1-2H3,(H2,17,18,21). The van der Waals surface area contributed by atoms with Crippen LogP contribution in [-0.2, 0) is 4.74 Å². The first-order chi connectivity index (χ1) is 10.4. The van der Waals surface area contributed by atoms with E-state index < -0.39 is 11.8 Å². The van der Waals surface area contributed by atoms with E-state index >= 15 is 0 Å². The third-order valence-corrected chi connectivity index (χ3v) is 4.33. The van der Waals surface area contributed by atoms with Gasteiger partial charge in [0.15, 0.2) is 5.11 Å². The second-order valence-electron chi connectivity index (χ2n) is 4.29. The molecule has 1 heterocycles. The van der Waals surface area contributed by atoms with Gasteiger partial charge in [0, 0.05) is 9.35 Å². The predicted molar refractivity (Wildman–Crippen MR) is 94.3 cm³/mol. The Balaban J connectivity index is 2.14. The van der Waals surface area contributed by atoms with Gasteiger partial charge >= 0.3 is 5.97 Å². The lowest BCUT2D eigenvalue weighted by molar-refractivity contribution is 0.0602. The highest BCUT2D eigenvalue weighted by atomic mass is 79.9. The summed E-state index contributed by atoms with van der Waals surface area (Å²) in [4.78, 5) is 12.6. The van der Waals surface area contributed by atoms with Gasteiger partial charge in [-0.1, -0.05) is 15.9 Å². The third kappa shape index (κ3) is 4.02. The summed E-state index contributed by atoms with van der Waals surface area (Å²) in [5, 5.41) is 6.40. The van der Waals surface area contributed by atoms with Crippen molar-refractivity contribution in [3.05, 3.63) is 45.0 Å². The van der Waals surface area contributed by atoms with E-state index in [1.54, 1.807) is 18.2 Å². The maximum Gasteiger partial charge on any atom is 0.340 e. The minimum Gasteiger partial charge on any atom is -0.465 e. The van der Waals surface area contributed by atoms with Gasteiger partial charge in [0.1, 0.15) is 10.8 Å². The van der Waals surface area contributed by atoms with E-state index in [2.05, 4.69) is 26.6 Å². The van der Waals surface area contributed by atoms with Crippen LogP contribution in [0, 0.1) is 12.7 Å². The van der Waals surface area contributed by atoms with Crippen LogP contribution in [0.4, 0.5) is 15.1 Å². The number of hydrogen-bond donors (Lipinski definition) is 2. The highest BCUT2D eigenvalue weighted by Crippen LogP contribution is 2.28. The maximum absolute atomic E-state index is 13.8. The molecule has 22 heavy (non-hydrogen) atoms. The SMILES string of the molecule is COC(=O)c1cc(C)sc1NC(=S)Nc1ccc(Br)cc1F. The van der Waals surface area contributed by atoms with Crippen molar-refractivity contribution < 1.29 is 13.9 Å². The number of aryl methyl sites for hydroxylation is 1. The topological polar surface area (TPSA) is 50.4 Å². The van der Waals surface area contributed by atoms with Gasteiger partial charge < -0.3 is 15.4 Å². The molecule has 1 aromatic heterocycles. The lowest BCUT2D eigenvalue weighted by atomic mass is 10.3. The molecule has 0 saturated heterocycles. The molecular weight excluding hydrogens is 391 g/mol. The summed E-state index contributed by atoms with van der Waals surface area (Å²) in [6, 6.07) is 6.30. The number of rotatable bonds is 3. The summed E-state index contributed by atoms with van der Waals surface area (Å²) >= 11 is 9.71. The number of anilines is 2. The molecule has 0 saturated carbocycles. The fourth-order valence-electron chi connectivity index (χ4n) is 1.72. The van der Waals surface area contributed by atoms with Gasteiger partial charge in [0.25, 0.3) is 0 Å². The highest BCUT2D eigenvalue weighted by molar-refractivity contribution is 9.10. The lowest BCUT2D eigenvalue weighted by Crippen LogP contribution is -2.20. The normalized spacial score (nSPS) is 10.2. The smallest absolute Gasteiger partial charge is 0.340 e. The minimum absolute atomic E-state index is 0.188. The fourth-order valence-corrected chi connectivity index (χ4v) is 3.23. The van der Waals surface area contributed by atoms with Gasteiger partial charge in [-0.3, -0.25) is 0 Å². The average molecular weight is 403 g/mol. The molecule has 0 aliphatic carbocycles. The van der Waals surface area contributed by atoms with Gasteiger partial charge in [-0.15, -0.1) is 11.3 Å². The Labute approximate surface area is 144 Å². The molecule has 116 valence electrons. The number of nitrogens with one attached hydrogen (secondary N) is 2. The molecule has 0 bridgehead atoms. The molecule has 2 rings (SSSR count). The van der Waals surface area contributed by atoms with Gasteiger partial charge in [-0.05, 0) is 43.4 Å². The first-order valence-electron chi connectivity index (χ1n) is 6.12. The van der Waals surface area contributed by atoms with Crippen molar-refractivity contribution in [1.29, 1.82) is 0 Å². The number of methoxy groups -OCH3 is 1. The van der Waals surface area contributed by atoms with E-state index in [0.717, 1.165) is 4.88 Å². The summed E-state index contributed by atoms with van der Waals surface area (Å²) in [7, 11) is 1.31. The van der Waals surface area contributed by atoms with E-state index in [1.165, 1.54) is 24.5 Å². The van der Waals surface area contributed by atoms with Crippen LogP contribution in [0.2, 0.25) is 0 Å².